The molecule has 2 atom stereocenters. The molecule has 3 heterocycles. The molecule has 0 aliphatic carbocycles. The van der Waals surface area contributed by atoms with Gasteiger partial charge in [-0.2, -0.15) is 15.3 Å². The van der Waals surface area contributed by atoms with Gasteiger partial charge < -0.3 is 16.8 Å². The van der Waals surface area contributed by atoms with Crippen molar-refractivity contribution >= 4 is 17.4 Å². The Morgan fingerprint density at radius 1 is 1.27 bits per heavy atom. The van der Waals surface area contributed by atoms with Gasteiger partial charge in [-0.3, -0.25) is 14.4 Å². The van der Waals surface area contributed by atoms with Crippen molar-refractivity contribution in [2.45, 2.75) is 25.0 Å². The largest absolute Gasteiger partial charge is 0.365 e. The van der Waals surface area contributed by atoms with Gasteiger partial charge in [0.2, 0.25) is 0 Å². The molecule has 0 radical (unpaired) electrons. The summed E-state index contributed by atoms with van der Waals surface area (Å²) >= 11 is 0. The molecular weight excluding hydrogens is 387 g/mol. The van der Waals surface area contributed by atoms with Crippen LogP contribution in [0.25, 0.3) is 0 Å². The molecule has 0 spiro atoms. The van der Waals surface area contributed by atoms with Crippen LogP contribution in [0.4, 0.5) is 15.9 Å². The first-order valence-electron chi connectivity index (χ1n) is 9.65. The van der Waals surface area contributed by atoms with Crippen LogP contribution in [0.15, 0.2) is 48.8 Å². The van der Waals surface area contributed by atoms with Gasteiger partial charge in [0.1, 0.15) is 11.4 Å². The van der Waals surface area contributed by atoms with Crippen molar-refractivity contribution in [1.29, 1.82) is 0 Å². The summed E-state index contributed by atoms with van der Waals surface area (Å²) in [6.45, 7) is 2.15. The second kappa shape index (κ2) is 8.56. The number of piperidine rings is 1. The summed E-state index contributed by atoms with van der Waals surface area (Å²) in [6, 6.07) is 9.31. The highest BCUT2D eigenvalue weighted by Crippen LogP contribution is 2.26. The van der Waals surface area contributed by atoms with Crippen LogP contribution in [-0.2, 0) is 6.54 Å². The molecule has 1 saturated heterocycles. The zero-order chi connectivity index (χ0) is 21.1. The van der Waals surface area contributed by atoms with Crippen molar-refractivity contribution in [2.24, 2.45) is 11.5 Å². The number of likely N-dealkylation sites (tertiary alicyclic amines) is 1. The number of amides is 1. The van der Waals surface area contributed by atoms with Gasteiger partial charge in [-0.15, -0.1) is 0 Å². The SMILES string of the molecule is NC(=O)c1cn([C@@H]2CCN(Cc3cccnn3)CC2N)nc1Nc1ccc(F)cc1. The van der Waals surface area contributed by atoms with Crippen molar-refractivity contribution in [3.05, 3.63) is 65.9 Å². The van der Waals surface area contributed by atoms with Gasteiger partial charge >= 0.3 is 0 Å². The maximum atomic E-state index is 13.1. The summed E-state index contributed by atoms with van der Waals surface area (Å²) in [6.07, 6.45) is 4.03. The number of nitrogens with zero attached hydrogens (tertiary/aromatic N) is 5. The molecule has 156 valence electrons. The molecule has 0 bridgehead atoms. The van der Waals surface area contributed by atoms with Crippen LogP contribution in [0.3, 0.4) is 0 Å². The summed E-state index contributed by atoms with van der Waals surface area (Å²) in [5.41, 5.74) is 13.7. The third kappa shape index (κ3) is 4.44. The lowest BCUT2D eigenvalue weighted by molar-refractivity contribution is 0.100. The molecular formula is C20H23FN8O. The number of anilines is 2. The maximum absolute atomic E-state index is 13.1. The summed E-state index contributed by atoms with van der Waals surface area (Å²) in [5, 5.41) is 15.6. The number of halogens is 1. The number of primary amides is 1. The van der Waals surface area contributed by atoms with Gasteiger partial charge in [0.05, 0.1) is 11.7 Å². The lowest BCUT2D eigenvalue weighted by Crippen LogP contribution is -2.49. The zero-order valence-electron chi connectivity index (χ0n) is 16.3. The van der Waals surface area contributed by atoms with Crippen LogP contribution >= 0.6 is 0 Å². The molecule has 0 saturated carbocycles. The number of hydrogen-bond acceptors (Lipinski definition) is 7. The Kier molecular flexibility index (Phi) is 5.68. The van der Waals surface area contributed by atoms with E-state index in [2.05, 4.69) is 25.5 Å². The molecule has 1 unspecified atom stereocenters. The van der Waals surface area contributed by atoms with E-state index < -0.39 is 5.91 Å². The van der Waals surface area contributed by atoms with Gasteiger partial charge in [-0.1, -0.05) is 0 Å². The highest BCUT2D eigenvalue weighted by Gasteiger charge is 2.30. The molecule has 1 amide bonds. The molecule has 1 aliphatic heterocycles. The topological polar surface area (TPSA) is 128 Å². The molecule has 5 N–H and O–H groups in total. The Morgan fingerprint density at radius 3 is 2.73 bits per heavy atom. The fourth-order valence-corrected chi connectivity index (χ4v) is 3.66. The lowest BCUT2D eigenvalue weighted by atomic mass is 10.00. The van der Waals surface area contributed by atoms with Crippen molar-refractivity contribution in [2.75, 3.05) is 18.4 Å². The second-order valence-corrected chi connectivity index (χ2v) is 7.34. The number of carbonyl (C=O) groups excluding carboxylic acids is 1. The number of hydrogen-bond donors (Lipinski definition) is 3. The Balaban J connectivity index is 1.48. The summed E-state index contributed by atoms with van der Waals surface area (Å²) in [4.78, 5) is 14.1. The van der Waals surface area contributed by atoms with Gasteiger partial charge in [-0.05, 0) is 42.8 Å². The molecule has 30 heavy (non-hydrogen) atoms. The average Bonchev–Trinajstić information content (AvgIpc) is 3.14. The van der Waals surface area contributed by atoms with Crippen LogP contribution in [0, 0.1) is 5.82 Å². The lowest BCUT2D eigenvalue weighted by Gasteiger charge is -2.36. The van der Waals surface area contributed by atoms with Gasteiger partial charge in [-0.25, -0.2) is 4.39 Å². The van der Waals surface area contributed by atoms with Crippen LogP contribution in [-0.4, -0.2) is 49.9 Å². The van der Waals surface area contributed by atoms with E-state index in [9.17, 15) is 9.18 Å². The van der Waals surface area contributed by atoms with E-state index in [1.807, 2.05) is 12.1 Å². The summed E-state index contributed by atoms with van der Waals surface area (Å²) < 4.78 is 14.8. The third-order valence-corrected chi connectivity index (χ3v) is 5.16. The van der Waals surface area contributed by atoms with Gasteiger partial charge in [0, 0.05) is 43.8 Å². The van der Waals surface area contributed by atoms with Crippen molar-refractivity contribution < 1.29 is 9.18 Å². The highest BCUT2D eigenvalue weighted by molar-refractivity contribution is 5.98. The van der Waals surface area contributed by atoms with Crippen molar-refractivity contribution in [3.63, 3.8) is 0 Å². The molecule has 1 fully saturated rings. The zero-order valence-corrected chi connectivity index (χ0v) is 16.3. The van der Waals surface area contributed by atoms with Crippen molar-refractivity contribution in [1.82, 2.24) is 24.9 Å². The Bertz CT molecular complexity index is 1010. The molecule has 3 aromatic rings. The second-order valence-electron chi connectivity index (χ2n) is 7.34. The summed E-state index contributed by atoms with van der Waals surface area (Å²) in [7, 11) is 0. The predicted molar refractivity (Wildman–Crippen MR) is 109 cm³/mol. The van der Waals surface area contributed by atoms with E-state index >= 15 is 0 Å². The first-order valence-corrected chi connectivity index (χ1v) is 9.65. The van der Waals surface area contributed by atoms with Crippen LogP contribution < -0.4 is 16.8 Å². The first-order chi connectivity index (χ1) is 14.5. The van der Waals surface area contributed by atoms with E-state index in [0.717, 1.165) is 18.7 Å². The van der Waals surface area contributed by atoms with E-state index in [1.165, 1.54) is 12.1 Å². The number of nitrogens with two attached hydrogens (primary N) is 2. The van der Waals surface area contributed by atoms with E-state index in [-0.39, 0.29) is 23.5 Å². The molecule has 9 nitrogen and oxygen atoms in total. The van der Waals surface area contributed by atoms with E-state index in [4.69, 9.17) is 11.5 Å². The maximum Gasteiger partial charge on any atom is 0.254 e. The van der Waals surface area contributed by atoms with Crippen LogP contribution in [0.5, 0.6) is 0 Å². The minimum absolute atomic E-state index is 0.0787. The van der Waals surface area contributed by atoms with E-state index in [0.29, 0.717) is 24.6 Å². The van der Waals surface area contributed by atoms with E-state index in [1.54, 1.807) is 29.2 Å². The average molecular weight is 410 g/mol. The summed E-state index contributed by atoms with van der Waals surface area (Å²) in [5.74, 6) is -0.622. The number of carbonyl (C=O) groups is 1. The van der Waals surface area contributed by atoms with Crippen LogP contribution in [0.1, 0.15) is 28.5 Å². The monoisotopic (exact) mass is 410 g/mol. The number of benzene rings is 1. The molecule has 2 aromatic heterocycles. The predicted octanol–water partition coefficient (Wildman–Crippen LogP) is 1.43. The fourth-order valence-electron chi connectivity index (χ4n) is 3.66. The Hall–Kier alpha value is -3.37. The highest BCUT2D eigenvalue weighted by atomic mass is 19.1. The molecule has 1 aliphatic rings. The fraction of sp³-hybridized carbons (Fsp3) is 0.300. The van der Waals surface area contributed by atoms with Gasteiger partial charge in [0.15, 0.2) is 5.82 Å². The van der Waals surface area contributed by atoms with Crippen LogP contribution in [0.2, 0.25) is 0 Å². The van der Waals surface area contributed by atoms with Gasteiger partial charge in [0.25, 0.3) is 5.91 Å². The smallest absolute Gasteiger partial charge is 0.254 e. The third-order valence-electron chi connectivity index (χ3n) is 5.16. The first kappa shape index (κ1) is 19.9. The Morgan fingerprint density at radius 2 is 2.07 bits per heavy atom. The van der Waals surface area contributed by atoms with Crippen molar-refractivity contribution in [3.8, 4) is 0 Å². The molecule has 4 rings (SSSR count). The minimum atomic E-state index is -0.598. The molecule has 1 aromatic carbocycles. The number of rotatable bonds is 6. The normalized spacial score (nSPS) is 19.5. The molecule has 10 heteroatoms. The quantitative estimate of drug-likeness (QED) is 0.561. The Labute approximate surface area is 172 Å². The number of aromatic nitrogens is 4. The number of nitrogens with one attached hydrogen (secondary N) is 1. The standard InChI is InChI=1S/C20H23FN8O/c21-13-3-5-14(6-4-13)25-20-16(19(23)30)11-29(27-20)18-7-9-28(12-17(18)22)10-15-2-1-8-24-26-15/h1-6,8,11,17-18H,7,9-10,12,22H2,(H2,23,30)(H,25,27)/t17?,18-/m1/s1. The minimum Gasteiger partial charge on any atom is -0.365 e.